The summed E-state index contributed by atoms with van der Waals surface area (Å²) in [5.74, 6) is 0.355. The average molecular weight is 247 g/mol. The molecule has 3 nitrogen and oxygen atoms in total. The molecule has 2 rings (SSSR count). The van der Waals surface area contributed by atoms with Crippen molar-refractivity contribution in [3.05, 3.63) is 29.8 Å². The second-order valence-electron chi connectivity index (χ2n) is 5.08. The van der Waals surface area contributed by atoms with Crippen molar-refractivity contribution in [3.63, 3.8) is 0 Å². The molecule has 1 saturated carbocycles. The normalized spacial score (nSPS) is 23.6. The molecule has 2 atom stereocenters. The summed E-state index contributed by atoms with van der Waals surface area (Å²) in [6.07, 6.45) is 5.25. The molecule has 0 heterocycles. The number of esters is 1. The Bertz CT molecular complexity index is 417. The van der Waals surface area contributed by atoms with Crippen LogP contribution in [-0.4, -0.2) is 13.1 Å². The first-order valence-corrected chi connectivity index (χ1v) is 6.63. The van der Waals surface area contributed by atoms with Crippen molar-refractivity contribution < 1.29 is 9.53 Å². The lowest BCUT2D eigenvalue weighted by atomic mass is 9.76. The van der Waals surface area contributed by atoms with Gasteiger partial charge in [-0.05, 0) is 36.8 Å². The van der Waals surface area contributed by atoms with Crippen molar-refractivity contribution in [2.24, 2.45) is 11.8 Å². The van der Waals surface area contributed by atoms with Crippen molar-refractivity contribution in [2.45, 2.75) is 32.1 Å². The summed E-state index contributed by atoms with van der Waals surface area (Å²) in [5, 5.41) is 0. The summed E-state index contributed by atoms with van der Waals surface area (Å²) in [4.78, 5) is 11.8. The molecule has 1 fully saturated rings. The number of para-hydroxylation sites is 1. The van der Waals surface area contributed by atoms with Crippen LogP contribution in [0, 0.1) is 11.8 Å². The van der Waals surface area contributed by atoms with Gasteiger partial charge in [-0.15, -0.1) is 0 Å². The van der Waals surface area contributed by atoms with E-state index >= 15 is 0 Å². The van der Waals surface area contributed by atoms with Crippen LogP contribution in [0.25, 0.3) is 0 Å². The number of hydrogen-bond donors (Lipinski definition) is 1. The Labute approximate surface area is 108 Å². The summed E-state index contributed by atoms with van der Waals surface area (Å²) >= 11 is 0. The summed E-state index contributed by atoms with van der Waals surface area (Å²) in [7, 11) is 1.48. The van der Waals surface area contributed by atoms with Gasteiger partial charge in [-0.2, -0.15) is 0 Å². The Hall–Kier alpha value is -1.51. The zero-order chi connectivity index (χ0) is 13.0. The van der Waals surface area contributed by atoms with Gasteiger partial charge in [-0.1, -0.05) is 31.0 Å². The van der Waals surface area contributed by atoms with Gasteiger partial charge in [-0.3, -0.25) is 4.79 Å². The highest BCUT2D eigenvalue weighted by molar-refractivity contribution is 5.72. The molecular weight excluding hydrogens is 226 g/mol. The number of ether oxygens (including phenoxy) is 1. The van der Waals surface area contributed by atoms with E-state index in [1.165, 1.54) is 13.5 Å². The summed E-state index contributed by atoms with van der Waals surface area (Å²) < 4.78 is 4.92. The molecule has 2 N–H and O–H groups in total. The quantitative estimate of drug-likeness (QED) is 0.660. The van der Waals surface area contributed by atoms with E-state index in [9.17, 15) is 4.79 Å². The van der Waals surface area contributed by atoms with Gasteiger partial charge >= 0.3 is 5.97 Å². The van der Waals surface area contributed by atoms with Crippen LogP contribution in [0.5, 0.6) is 0 Å². The van der Waals surface area contributed by atoms with Gasteiger partial charge in [-0.25, -0.2) is 0 Å². The minimum absolute atomic E-state index is 0.0448. The molecule has 1 aromatic rings. The number of anilines is 1. The maximum Gasteiger partial charge on any atom is 0.308 e. The SMILES string of the molecule is COC(=O)C1CCCCC1Cc1ccccc1N. The van der Waals surface area contributed by atoms with Crippen molar-refractivity contribution in [2.75, 3.05) is 12.8 Å². The van der Waals surface area contributed by atoms with Crippen molar-refractivity contribution >= 4 is 11.7 Å². The highest BCUT2D eigenvalue weighted by Crippen LogP contribution is 2.34. The first kappa shape index (κ1) is 12.9. The van der Waals surface area contributed by atoms with E-state index in [0.717, 1.165) is 36.9 Å². The third kappa shape index (κ3) is 2.84. The maximum atomic E-state index is 11.8. The average Bonchev–Trinajstić information content (AvgIpc) is 2.41. The fraction of sp³-hybridized carbons (Fsp3) is 0.533. The number of nitrogens with two attached hydrogens (primary N) is 1. The molecule has 18 heavy (non-hydrogen) atoms. The third-order valence-corrected chi connectivity index (χ3v) is 3.95. The van der Waals surface area contributed by atoms with Gasteiger partial charge < -0.3 is 10.5 Å². The van der Waals surface area contributed by atoms with E-state index in [4.69, 9.17) is 10.5 Å². The molecule has 0 amide bonds. The van der Waals surface area contributed by atoms with Crippen LogP contribution in [-0.2, 0) is 16.0 Å². The molecule has 0 radical (unpaired) electrons. The largest absolute Gasteiger partial charge is 0.469 e. The first-order valence-electron chi connectivity index (χ1n) is 6.63. The van der Waals surface area contributed by atoms with Gasteiger partial charge in [0, 0.05) is 5.69 Å². The number of hydrogen-bond acceptors (Lipinski definition) is 3. The predicted octanol–water partition coefficient (Wildman–Crippen LogP) is 2.79. The van der Waals surface area contributed by atoms with E-state index in [0.29, 0.717) is 5.92 Å². The minimum atomic E-state index is -0.0609. The first-order chi connectivity index (χ1) is 8.72. The number of rotatable bonds is 3. The number of methoxy groups -OCH3 is 1. The maximum absolute atomic E-state index is 11.8. The van der Waals surface area contributed by atoms with Gasteiger partial charge in [0.25, 0.3) is 0 Å². The topological polar surface area (TPSA) is 52.3 Å². The summed E-state index contributed by atoms with van der Waals surface area (Å²) in [5.41, 5.74) is 7.95. The van der Waals surface area contributed by atoms with Crippen LogP contribution in [0.3, 0.4) is 0 Å². The van der Waals surface area contributed by atoms with Crippen molar-refractivity contribution in [1.29, 1.82) is 0 Å². The van der Waals surface area contributed by atoms with Crippen LogP contribution in [0.4, 0.5) is 5.69 Å². The van der Waals surface area contributed by atoms with Crippen LogP contribution < -0.4 is 5.73 Å². The zero-order valence-electron chi connectivity index (χ0n) is 10.9. The summed E-state index contributed by atoms with van der Waals surface area (Å²) in [6.45, 7) is 0. The third-order valence-electron chi connectivity index (χ3n) is 3.95. The Morgan fingerprint density at radius 1 is 1.33 bits per heavy atom. The molecule has 3 heteroatoms. The molecule has 1 aromatic carbocycles. The monoisotopic (exact) mass is 247 g/mol. The second-order valence-corrected chi connectivity index (χ2v) is 5.08. The lowest BCUT2D eigenvalue weighted by molar-refractivity contribution is -0.148. The second kappa shape index (κ2) is 5.89. The minimum Gasteiger partial charge on any atom is -0.469 e. The highest BCUT2D eigenvalue weighted by atomic mass is 16.5. The number of benzene rings is 1. The molecule has 0 bridgehead atoms. The lowest BCUT2D eigenvalue weighted by Crippen LogP contribution is -2.29. The molecule has 98 valence electrons. The molecule has 0 aromatic heterocycles. The fourth-order valence-electron chi connectivity index (χ4n) is 2.92. The van der Waals surface area contributed by atoms with E-state index in [1.807, 2.05) is 18.2 Å². The fourth-order valence-corrected chi connectivity index (χ4v) is 2.92. The molecule has 1 aliphatic carbocycles. The highest BCUT2D eigenvalue weighted by Gasteiger charge is 2.31. The Morgan fingerprint density at radius 2 is 2.06 bits per heavy atom. The van der Waals surface area contributed by atoms with Gasteiger partial charge in [0.1, 0.15) is 0 Å². The molecule has 0 spiro atoms. The number of carbonyl (C=O) groups excluding carboxylic acids is 1. The van der Waals surface area contributed by atoms with Gasteiger partial charge in [0.05, 0.1) is 13.0 Å². The molecular formula is C15H21NO2. The smallest absolute Gasteiger partial charge is 0.308 e. The van der Waals surface area contributed by atoms with Crippen LogP contribution in [0.1, 0.15) is 31.2 Å². The van der Waals surface area contributed by atoms with E-state index in [-0.39, 0.29) is 11.9 Å². The predicted molar refractivity (Wildman–Crippen MR) is 72.0 cm³/mol. The Balaban J connectivity index is 2.10. The van der Waals surface area contributed by atoms with Gasteiger partial charge in [0.2, 0.25) is 0 Å². The number of carbonyl (C=O) groups is 1. The molecule has 2 unspecified atom stereocenters. The zero-order valence-corrected chi connectivity index (χ0v) is 10.9. The van der Waals surface area contributed by atoms with Gasteiger partial charge in [0.15, 0.2) is 0 Å². The Kier molecular flexibility index (Phi) is 4.24. The molecule has 1 aliphatic rings. The lowest BCUT2D eigenvalue weighted by Gasteiger charge is -2.29. The van der Waals surface area contributed by atoms with Crippen molar-refractivity contribution in [1.82, 2.24) is 0 Å². The van der Waals surface area contributed by atoms with E-state index < -0.39 is 0 Å². The van der Waals surface area contributed by atoms with Crippen LogP contribution in [0.2, 0.25) is 0 Å². The Morgan fingerprint density at radius 3 is 2.78 bits per heavy atom. The molecule has 0 saturated heterocycles. The van der Waals surface area contributed by atoms with E-state index in [1.54, 1.807) is 0 Å². The van der Waals surface area contributed by atoms with E-state index in [2.05, 4.69) is 6.07 Å². The van der Waals surface area contributed by atoms with Crippen LogP contribution in [0.15, 0.2) is 24.3 Å². The van der Waals surface area contributed by atoms with Crippen molar-refractivity contribution in [3.8, 4) is 0 Å². The standard InChI is InChI=1S/C15H21NO2/c1-18-15(17)13-8-4-2-6-11(13)10-12-7-3-5-9-14(12)16/h3,5,7,9,11,13H,2,4,6,8,10,16H2,1H3. The summed E-state index contributed by atoms with van der Waals surface area (Å²) in [6, 6.07) is 7.92. The van der Waals surface area contributed by atoms with Crippen LogP contribution >= 0.6 is 0 Å². The number of nitrogen functional groups attached to an aromatic ring is 1. The molecule has 0 aliphatic heterocycles.